The average molecular weight is 750 g/mol. The van der Waals surface area contributed by atoms with E-state index in [-0.39, 0.29) is 5.84 Å². The SMILES string of the molecule is C=NC(=NC(=N)c1ccc2c(c1)oc1ccccc12)c1cccc2sc3ccc(-c4ccc5c6ccccc6c6ccccc6c5c4)cc3c12.Cc1ccccc1. The van der Waals surface area contributed by atoms with Crippen LogP contribution in [0.25, 0.3) is 85.6 Å². The van der Waals surface area contributed by atoms with Crippen molar-refractivity contribution in [2.24, 2.45) is 9.98 Å². The Hall–Kier alpha value is -7.21. The Bertz CT molecular complexity index is 3370. The molecule has 0 atom stereocenters. The molecule has 57 heavy (non-hydrogen) atoms. The van der Waals surface area contributed by atoms with Crippen molar-refractivity contribution in [3.8, 4) is 11.1 Å². The van der Waals surface area contributed by atoms with E-state index in [4.69, 9.17) is 14.8 Å². The lowest BCUT2D eigenvalue weighted by Crippen LogP contribution is -2.04. The van der Waals surface area contributed by atoms with Crippen molar-refractivity contribution in [3.63, 3.8) is 0 Å². The molecule has 0 saturated carbocycles. The molecule has 5 heteroatoms. The summed E-state index contributed by atoms with van der Waals surface area (Å²) in [5.74, 6) is 0.516. The van der Waals surface area contributed by atoms with Crippen LogP contribution in [0.2, 0.25) is 0 Å². The van der Waals surface area contributed by atoms with E-state index >= 15 is 0 Å². The third-order valence-corrected chi connectivity index (χ3v) is 11.9. The van der Waals surface area contributed by atoms with Gasteiger partial charge in [0, 0.05) is 42.1 Å². The van der Waals surface area contributed by atoms with Crippen molar-refractivity contribution in [1.29, 1.82) is 5.41 Å². The van der Waals surface area contributed by atoms with Gasteiger partial charge >= 0.3 is 0 Å². The molecular weight excluding hydrogens is 715 g/mol. The second-order valence-electron chi connectivity index (χ2n) is 14.2. The molecule has 2 aromatic heterocycles. The van der Waals surface area contributed by atoms with Crippen LogP contribution in [0.3, 0.4) is 0 Å². The van der Waals surface area contributed by atoms with Gasteiger partial charge in [-0.3, -0.25) is 5.41 Å². The maximum absolute atomic E-state index is 8.96. The molecule has 0 amide bonds. The van der Waals surface area contributed by atoms with Gasteiger partial charge in [-0.1, -0.05) is 139 Å². The zero-order valence-electron chi connectivity index (χ0n) is 31.2. The first kappa shape index (κ1) is 34.3. The summed E-state index contributed by atoms with van der Waals surface area (Å²) < 4.78 is 8.41. The van der Waals surface area contributed by atoms with Crippen molar-refractivity contribution in [2.45, 2.75) is 6.92 Å². The monoisotopic (exact) mass is 749 g/mol. The number of para-hydroxylation sites is 1. The number of fused-ring (bicyclic) bond motifs is 12. The molecule has 0 aliphatic heterocycles. The van der Waals surface area contributed by atoms with Crippen molar-refractivity contribution in [2.75, 3.05) is 0 Å². The fourth-order valence-electron chi connectivity index (χ4n) is 8.04. The van der Waals surface area contributed by atoms with Crippen molar-refractivity contribution in [1.82, 2.24) is 0 Å². The van der Waals surface area contributed by atoms with Crippen LogP contribution in [-0.4, -0.2) is 18.4 Å². The summed E-state index contributed by atoms with van der Waals surface area (Å²) in [6, 6.07) is 61.1. The van der Waals surface area contributed by atoms with Crippen LogP contribution in [0.1, 0.15) is 16.7 Å². The number of hydrogen-bond donors (Lipinski definition) is 1. The molecule has 1 N–H and O–H groups in total. The molecule has 0 radical (unpaired) electrons. The van der Waals surface area contributed by atoms with Crippen LogP contribution >= 0.6 is 11.3 Å². The van der Waals surface area contributed by atoms with Crippen molar-refractivity contribution in [3.05, 3.63) is 193 Å². The summed E-state index contributed by atoms with van der Waals surface area (Å²) in [7, 11) is 0. The fourth-order valence-corrected chi connectivity index (χ4v) is 9.15. The number of hydrogen-bond acceptors (Lipinski definition) is 3. The molecule has 4 nitrogen and oxygen atoms in total. The van der Waals surface area contributed by atoms with Gasteiger partial charge in [-0.05, 0) is 99.6 Å². The van der Waals surface area contributed by atoms with E-state index in [0.717, 1.165) is 54.1 Å². The summed E-state index contributed by atoms with van der Waals surface area (Å²) in [5.41, 5.74) is 6.68. The predicted molar refractivity (Wildman–Crippen MR) is 245 cm³/mol. The molecule has 0 fully saturated rings. The van der Waals surface area contributed by atoms with Crippen LogP contribution < -0.4 is 0 Å². The maximum Gasteiger partial charge on any atom is 0.161 e. The molecular formula is C52H35N3OS. The van der Waals surface area contributed by atoms with Gasteiger partial charge < -0.3 is 4.42 Å². The van der Waals surface area contributed by atoms with E-state index in [1.165, 1.54) is 42.6 Å². The zero-order chi connectivity index (χ0) is 38.5. The van der Waals surface area contributed by atoms with Gasteiger partial charge in [-0.25, -0.2) is 9.98 Å². The molecule has 0 spiro atoms. The number of aliphatic imine (C=N–C) groups is 2. The Kier molecular flexibility index (Phi) is 8.50. The Balaban J connectivity index is 0.000000514. The number of nitrogens with zero attached hydrogens (tertiary/aromatic N) is 2. The van der Waals surface area contributed by atoms with E-state index in [2.05, 4.69) is 122 Å². The number of nitrogens with one attached hydrogen (secondary N) is 1. The first-order valence-electron chi connectivity index (χ1n) is 18.9. The molecule has 11 aromatic rings. The first-order chi connectivity index (χ1) is 28.0. The van der Waals surface area contributed by atoms with Gasteiger partial charge in [0.2, 0.25) is 0 Å². The van der Waals surface area contributed by atoms with E-state index in [1.807, 2.05) is 72.8 Å². The van der Waals surface area contributed by atoms with Crippen LogP contribution in [0.4, 0.5) is 0 Å². The number of amidine groups is 2. The van der Waals surface area contributed by atoms with Gasteiger partial charge in [0.1, 0.15) is 11.2 Å². The summed E-state index contributed by atoms with van der Waals surface area (Å²) in [6.07, 6.45) is 0. The van der Waals surface area contributed by atoms with Crippen LogP contribution in [0.15, 0.2) is 190 Å². The lowest BCUT2D eigenvalue weighted by Gasteiger charge is -2.12. The van der Waals surface area contributed by atoms with Gasteiger partial charge in [0.15, 0.2) is 11.7 Å². The Morgan fingerprint density at radius 3 is 1.77 bits per heavy atom. The zero-order valence-corrected chi connectivity index (χ0v) is 32.0. The molecule has 0 saturated heterocycles. The third-order valence-electron chi connectivity index (χ3n) is 10.8. The predicted octanol–water partition coefficient (Wildman–Crippen LogP) is 14.5. The quantitative estimate of drug-likeness (QED) is 0.109. The average Bonchev–Trinajstić information content (AvgIpc) is 3.84. The van der Waals surface area contributed by atoms with E-state index in [1.54, 1.807) is 11.3 Å². The minimum absolute atomic E-state index is 0.0999. The Labute approximate surface area is 333 Å². The topological polar surface area (TPSA) is 61.7 Å². The molecule has 0 aliphatic rings. The number of aryl methyl sites for hydroxylation is 1. The lowest BCUT2D eigenvalue weighted by molar-refractivity contribution is 0.669. The molecule has 270 valence electrons. The minimum Gasteiger partial charge on any atom is -0.456 e. The van der Waals surface area contributed by atoms with Crippen molar-refractivity contribution < 1.29 is 4.42 Å². The van der Waals surface area contributed by atoms with Crippen LogP contribution in [0.5, 0.6) is 0 Å². The highest BCUT2D eigenvalue weighted by Crippen LogP contribution is 2.41. The number of furan rings is 1. The highest BCUT2D eigenvalue weighted by atomic mass is 32.1. The standard InChI is InChI=1S/C45H27N3OS.C7H8/c1-47-45(48-44(46)28-18-21-35-34-13-6-7-15-39(34)49-40(35)25-28)36-14-8-16-42-43(36)38-24-27(19-22-41(38)50-42)26-17-20-33-31-11-3-2-9-29(31)30-10-4-5-12-32(30)37(33)23-26;1-7-5-3-2-4-6-7/h2-25,46H,1H2;2-6H,1H3. The second kappa shape index (κ2) is 14.1. The normalized spacial score (nSPS) is 11.8. The highest BCUT2D eigenvalue weighted by molar-refractivity contribution is 7.25. The smallest absolute Gasteiger partial charge is 0.161 e. The maximum atomic E-state index is 8.96. The van der Waals surface area contributed by atoms with Gasteiger partial charge in [-0.2, -0.15) is 0 Å². The van der Waals surface area contributed by atoms with Gasteiger partial charge in [-0.15, -0.1) is 11.3 Å². The van der Waals surface area contributed by atoms with Gasteiger partial charge in [0.05, 0.1) is 0 Å². The molecule has 11 rings (SSSR count). The summed E-state index contributed by atoms with van der Waals surface area (Å²) in [5, 5.41) is 20.8. The van der Waals surface area contributed by atoms with Crippen molar-refractivity contribution >= 4 is 104 Å². The lowest BCUT2D eigenvalue weighted by atomic mass is 9.92. The number of thiophene rings is 1. The molecule has 9 aromatic carbocycles. The van der Waals surface area contributed by atoms with E-state index in [0.29, 0.717) is 11.4 Å². The fraction of sp³-hybridized carbons (Fsp3) is 0.0192. The summed E-state index contributed by atoms with van der Waals surface area (Å²) in [6.45, 7) is 5.97. The summed E-state index contributed by atoms with van der Waals surface area (Å²) in [4.78, 5) is 9.10. The Morgan fingerprint density at radius 1 is 0.509 bits per heavy atom. The summed E-state index contributed by atoms with van der Waals surface area (Å²) >= 11 is 1.75. The second-order valence-corrected chi connectivity index (χ2v) is 15.3. The third kappa shape index (κ3) is 6.06. The molecule has 0 bridgehead atoms. The van der Waals surface area contributed by atoms with E-state index < -0.39 is 0 Å². The number of rotatable bonds is 3. The van der Waals surface area contributed by atoms with E-state index in [9.17, 15) is 0 Å². The van der Waals surface area contributed by atoms with Crippen LogP contribution in [-0.2, 0) is 0 Å². The first-order valence-corrected chi connectivity index (χ1v) is 19.7. The van der Waals surface area contributed by atoms with Crippen LogP contribution in [0, 0.1) is 12.3 Å². The van der Waals surface area contributed by atoms with Gasteiger partial charge in [0.25, 0.3) is 0 Å². The molecule has 2 heterocycles. The number of benzene rings is 9. The Morgan fingerprint density at radius 2 is 1.09 bits per heavy atom. The molecule has 0 unspecified atom stereocenters. The highest BCUT2D eigenvalue weighted by Gasteiger charge is 2.17. The largest absolute Gasteiger partial charge is 0.456 e. The molecule has 0 aliphatic carbocycles. The minimum atomic E-state index is 0.0999.